The van der Waals surface area contributed by atoms with E-state index in [1.54, 1.807) is 0 Å². The highest BCUT2D eigenvalue weighted by Gasteiger charge is 2.41. The Balaban J connectivity index is 1.62. The van der Waals surface area contributed by atoms with Gasteiger partial charge in [0.1, 0.15) is 17.3 Å². The van der Waals surface area contributed by atoms with Crippen molar-refractivity contribution < 1.29 is 31.3 Å². The number of alkyl halides is 3. The number of fused-ring (bicyclic) bond motifs is 1. The first-order chi connectivity index (χ1) is 12.6. The number of aromatic nitrogens is 1. The summed E-state index contributed by atoms with van der Waals surface area (Å²) >= 11 is 0. The molecule has 3 rings (SSSR count). The summed E-state index contributed by atoms with van der Waals surface area (Å²) in [6, 6.07) is 2.21. The summed E-state index contributed by atoms with van der Waals surface area (Å²) in [6.07, 6.45) is -4.87. The molecule has 1 aliphatic heterocycles. The van der Waals surface area contributed by atoms with Crippen molar-refractivity contribution in [3.63, 3.8) is 0 Å². The van der Waals surface area contributed by atoms with Crippen molar-refractivity contribution in [3.8, 4) is 0 Å². The molecule has 2 N–H and O–H groups in total. The summed E-state index contributed by atoms with van der Waals surface area (Å²) in [5.41, 5.74) is 5.94. The largest absolute Gasteiger partial charge is 0.452 e. The molecular formula is C17H16F5N3O2. The average Bonchev–Trinajstić information content (AvgIpc) is 3.01. The zero-order chi connectivity index (χ0) is 19.8. The van der Waals surface area contributed by atoms with E-state index in [2.05, 4.69) is 9.68 Å². The number of hydrogen-bond donors (Lipinski definition) is 1. The number of nitrogens with two attached hydrogens (primary N) is 1. The van der Waals surface area contributed by atoms with Gasteiger partial charge in [-0.25, -0.2) is 8.78 Å². The van der Waals surface area contributed by atoms with Crippen LogP contribution in [0.1, 0.15) is 29.0 Å². The molecule has 146 valence electrons. The normalized spacial score (nSPS) is 15.6. The molecule has 1 aromatic carbocycles. The van der Waals surface area contributed by atoms with Crippen LogP contribution in [-0.4, -0.2) is 28.6 Å². The molecule has 27 heavy (non-hydrogen) atoms. The lowest BCUT2D eigenvalue weighted by atomic mass is 10.0. The van der Waals surface area contributed by atoms with Gasteiger partial charge in [-0.05, 0) is 36.6 Å². The van der Waals surface area contributed by atoms with Crippen molar-refractivity contribution in [2.75, 3.05) is 6.54 Å². The summed E-state index contributed by atoms with van der Waals surface area (Å²) in [6.45, 7) is -0.0496. The van der Waals surface area contributed by atoms with Gasteiger partial charge in [-0.1, -0.05) is 5.16 Å². The molecule has 1 aliphatic rings. The van der Waals surface area contributed by atoms with E-state index >= 15 is 0 Å². The minimum atomic E-state index is -4.63. The molecule has 0 unspecified atom stereocenters. The number of hydrogen-bond acceptors (Lipinski definition) is 4. The average molecular weight is 389 g/mol. The number of rotatable bonds is 4. The number of halogens is 5. The second kappa shape index (κ2) is 7.26. The third-order valence-electron chi connectivity index (χ3n) is 4.38. The van der Waals surface area contributed by atoms with Gasteiger partial charge in [0.2, 0.25) is 11.7 Å². The third kappa shape index (κ3) is 4.26. The fourth-order valence-corrected chi connectivity index (χ4v) is 3.07. The van der Waals surface area contributed by atoms with Crippen molar-refractivity contribution in [3.05, 3.63) is 52.4 Å². The van der Waals surface area contributed by atoms with Crippen LogP contribution < -0.4 is 5.73 Å². The lowest BCUT2D eigenvalue weighted by Gasteiger charge is -2.27. The van der Waals surface area contributed by atoms with E-state index in [-0.39, 0.29) is 49.2 Å². The second-order valence-electron chi connectivity index (χ2n) is 6.40. The number of carbonyl (C=O) groups is 1. The van der Waals surface area contributed by atoms with E-state index in [1.165, 1.54) is 4.90 Å². The van der Waals surface area contributed by atoms with Gasteiger partial charge in [0.25, 0.3) is 0 Å². The van der Waals surface area contributed by atoms with Crippen LogP contribution in [0.5, 0.6) is 0 Å². The Kier molecular flexibility index (Phi) is 5.18. The Labute approximate surface area is 150 Å². The van der Waals surface area contributed by atoms with Gasteiger partial charge in [0.15, 0.2) is 0 Å². The predicted octanol–water partition coefficient (Wildman–Crippen LogP) is 2.82. The minimum Gasteiger partial charge on any atom is -0.351 e. The SMILES string of the molecule is N[C@@H](CC(=O)N1CCc2c(noc2C(F)(F)F)C1)Cc1cc(F)ccc1F. The van der Waals surface area contributed by atoms with Gasteiger partial charge >= 0.3 is 6.18 Å². The van der Waals surface area contributed by atoms with Crippen LogP contribution in [0, 0.1) is 11.6 Å². The van der Waals surface area contributed by atoms with E-state index in [0.29, 0.717) is 0 Å². The van der Waals surface area contributed by atoms with Gasteiger partial charge in [-0.15, -0.1) is 0 Å². The third-order valence-corrected chi connectivity index (χ3v) is 4.38. The standard InChI is InChI=1S/C17H16F5N3O2/c18-10-1-2-13(19)9(5-10)6-11(23)7-15(26)25-4-3-12-14(8-25)24-27-16(12)17(20,21)22/h1-2,5,11H,3-4,6-8,23H2/t11-/m1/s1. The second-order valence-corrected chi connectivity index (χ2v) is 6.40. The van der Waals surface area contributed by atoms with Crippen LogP contribution in [0.4, 0.5) is 22.0 Å². The molecule has 5 nitrogen and oxygen atoms in total. The van der Waals surface area contributed by atoms with E-state index in [4.69, 9.17) is 5.73 Å². The number of amides is 1. The first kappa shape index (κ1) is 19.3. The molecule has 1 aromatic heterocycles. The first-order valence-electron chi connectivity index (χ1n) is 8.17. The van der Waals surface area contributed by atoms with Gasteiger partial charge in [-0.3, -0.25) is 4.79 Å². The summed E-state index contributed by atoms with van der Waals surface area (Å²) < 4.78 is 69.7. The summed E-state index contributed by atoms with van der Waals surface area (Å²) in [7, 11) is 0. The van der Waals surface area contributed by atoms with Crippen molar-refractivity contribution in [2.24, 2.45) is 5.73 Å². The summed E-state index contributed by atoms with van der Waals surface area (Å²) in [4.78, 5) is 13.7. The van der Waals surface area contributed by atoms with Gasteiger partial charge in [0.05, 0.1) is 6.54 Å². The van der Waals surface area contributed by atoms with E-state index in [1.807, 2.05) is 0 Å². The number of benzene rings is 1. The van der Waals surface area contributed by atoms with Gasteiger partial charge < -0.3 is 15.2 Å². The zero-order valence-electron chi connectivity index (χ0n) is 14.0. The van der Waals surface area contributed by atoms with Crippen LogP contribution in [0.25, 0.3) is 0 Å². The topological polar surface area (TPSA) is 72.4 Å². The van der Waals surface area contributed by atoms with Crippen LogP contribution in [0.15, 0.2) is 22.7 Å². The number of carbonyl (C=O) groups excluding carboxylic acids is 1. The molecule has 0 saturated carbocycles. The molecule has 0 bridgehead atoms. The highest BCUT2D eigenvalue weighted by molar-refractivity contribution is 5.77. The fraction of sp³-hybridized carbons (Fsp3) is 0.412. The van der Waals surface area contributed by atoms with Crippen LogP contribution in [-0.2, 0) is 30.4 Å². The molecule has 2 heterocycles. The maximum atomic E-state index is 13.7. The zero-order valence-corrected chi connectivity index (χ0v) is 14.0. The van der Waals surface area contributed by atoms with Crippen LogP contribution in [0.3, 0.4) is 0 Å². The Hall–Kier alpha value is -2.49. The van der Waals surface area contributed by atoms with Gasteiger partial charge in [0, 0.05) is 24.6 Å². The van der Waals surface area contributed by atoms with Crippen molar-refractivity contribution in [1.82, 2.24) is 10.1 Å². The van der Waals surface area contributed by atoms with Crippen LogP contribution >= 0.6 is 0 Å². The maximum absolute atomic E-state index is 13.7. The Morgan fingerprint density at radius 1 is 1.33 bits per heavy atom. The molecule has 10 heteroatoms. The first-order valence-corrected chi connectivity index (χ1v) is 8.17. The molecule has 1 amide bonds. The van der Waals surface area contributed by atoms with E-state index in [9.17, 15) is 26.7 Å². The monoisotopic (exact) mass is 389 g/mol. The fourth-order valence-electron chi connectivity index (χ4n) is 3.07. The molecule has 0 radical (unpaired) electrons. The highest BCUT2D eigenvalue weighted by atomic mass is 19.4. The molecule has 0 aliphatic carbocycles. The van der Waals surface area contributed by atoms with Crippen molar-refractivity contribution in [1.29, 1.82) is 0 Å². The highest BCUT2D eigenvalue weighted by Crippen LogP contribution is 2.35. The molecule has 0 saturated heterocycles. The minimum absolute atomic E-state index is 0.0345. The lowest BCUT2D eigenvalue weighted by molar-refractivity contribution is -0.156. The van der Waals surface area contributed by atoms with Crippen LogP contribution in [0.2, 0.25) is 0 Å². The quantitative estimate of drug-likeness (QED) is 0.817. The Bertz CT molecular complexity index is 850. The maximum Gasteiger partial charge on any atom is 0.452 e. The number of nitrogens with zero attached hydrogens (tertiary/aromatic N) is 2. The smallest absolute Gasteiger partial charge is 0.351 e. The molecular weight excluding hydrogens is 373 g/mol. The molecule has 1 atom stereocenters. The molecule has 0 spiro atoms. The summed E-state index contributed by atoms with van der Waals surface area (Å²) in [5, 5.41) is 3.41. The predicted molar refractivity (Wildman–Crippen MR) is 83.3 cm³/mol. The summed E-state index contributed by atoms with van der Waals surface area (Å²) in [5.74, 6) is -2.77. The Morgan fingerprint density at radius 2 is 2.07 bits per heavy atom. The van der Waals surface area contributed by atoms with Crippen molar-refractivity contribution in [2.45, 2.75) is 38.0 Å². The Morgan fingerprint density at radius 3 is 2.78 bits per heavy atom. The van der Waals surface area contributed by atoms with E-state index in [0.717, 1.165) is 18.2 Å². The van der Waals surface area contributed by atoms with Gasteiger partial charge in [-0.2, -0.15) is 13.2 Å². The van der Waals surface area contributed by atoms with E-state index < -0.39 is 35.5 Å². The lowest BCUT2D eigenvalue weighted by Crippen LogP contribution is -2.40. The molecule has 0 fully saturated rings. The van der Waals surface area contributed by atoms with Crippen molar-refractivity contribution >= 4 is 5.91 Å². The molecule has 2 aromatic rings.